The zero-order chi connectivity index (χ0) is 19.8. The van der Waals surface area contributed by atoms with Crippen LogP contribution in [0.15, 0.2) is 40.8 Å². The average molecular weight is 398 g/mol. The zero-order valence-electron chi connectivity index (χ0n) is 14.2. The highest BCUT2D eigenvalue weighted by Crippen LogP contribution is 2.29. The summed E-state index contributed by atoms with van der Waals surface area (Å²) in [5.41, 5.74) is 0.699. The lowest BCUT2D eigenvalue weighted by molar-refractivity contribution is -0.122. The fourth-order valence-electron chi connectivity index (χ4n) is 2.70. The Labute approximate surface area is 160 Å². The first-order valence-corrected chi connectivity index (χ1v) is 8.53. The zero-order valence-corrected chi connectivity index (χ0v) is 15.0. The fourth-order valence-corrected chi connectivity index (χ4v) is 2.93. The van der Waals surface area contributed by atoms with Gasteiger partial charge in [0, 0.05) is 12.2 Å². The van der Waals surface area contributed by atoms with Gasteiger partial charge in [0.05, 0.1) is 17.7 Å². The molecule has 1 saturated heterocycles. The van der Waals surface area contributed by atoms with E-state index in [0.29, 0.717) is 29.4 Å². The molecule has 0 unspecified atom stereocenters. The third-order valence-electron chi connectivity index (χ3n) is 4.02. The van der Waals surface area contributed by atoms with E-state index in [0.717, 1.165) is 0 Å². The maximum Gasteiger partial charge on any atom is 0.290 e. The second-order valence-electron chi connectivity index (χ2n) is 5.70. The van der Waals surface area contributed by atoms with Crippen LogP contribution in [0.3, 0.4) is 0 Å². The van der Waals surface area contributed by atoms with Crippen LogP contribution in [-0.4, -0.2) is 59.2 Å². The number of furan rings is 1. The Morgan fingerprint density at radius 2 is 2.00 bits per heavy atom. The number of amides is 1. The van der Waals surface area contributed by atoms with Crippen LogP contribution in [0.4, 0.5) is 0 Å². The molecule has 0 aliphatic carbocycles. The highest BCUT2D eigenvalue weighted by molar-refractivity contribution is 6.33. The van der Waals surface area contributed by atoms with E-state index >= 15 is 0 Å². The first-order chi connectivity index (χ1) is 13.0. The number of ether oxygens (including phenoxy) is 1. The molecule has 0 bridgehead atoms. The van der Waals surface area contributed by atoms with Gasteiger partial charge in [0.2, 0.25) is 0 Å². The number of hydrogen-bond donors (Lipinski definition) is 4. The number of benzene rings is 1. The van der Waals surface area contributed by atoms with Gasteiger partial charge >= 0.3 is 0 Å². The first-order valence-electron chi connectivity index (χ1n) is 8.15. The van der Waals surface area contributed by atoms with Crippen molar-refractivity contribution in [3.8, 4) is 11.3 Å². The molecule has 1 aromatic heterocycles. The normalized spacial score (nSPS) is 21.7. The minimum atomic E-state index is -0.967. The summed E-state index contributed by atoms with van der Waals surface area (Å²) >= 11 is 6.12. The number of carbonyl (C=O) groups is 2. The Kier molecular flexibility index (Phi) is 7.81. The van der Waals surface area contributed by atoms with E-state index in [1.807, 2.05) is 12.1 Å². The molecule has 0 saturated carbocycles. The average Bonchev–Trinajstić information content (AvgIpc) is 3.14. The predicted octanol–water partition coefficient (Wildman–Crippen LogP) is 1.54. The molecule has 3 atom stereocenters. The molecule has 2 aromatic rings. The van der Waals surface area contributed by atoms with Gasteiger partial charge in [-0.2, -0.15) is 0 Å². The van der Waals surface area contributed by atoms with Gasteiger partial charge in [-0.15, -0.1) is 0 Å². The number of hydrogen-bond acceptors (Lipinski definition) is 6. The predicted molar refractivity (Wildman–Crippen MR) is 96.6 cm³/mol. The number of carbonyl (C=O) groups excluding carboxylic acids is 1. The Morgan fingerprint density at radius 1 is 1.30 bits per heavy atom. The number of nitrogens with one attached hydrogen (secondary N) is 1. The molecular formula is C18H20ClNO7. The van der Waals surface area contributed by atoms with E-state index in [2.05, 4.69) is 5.32 Å². The van der Waals surface area contributed by atoms with E-state index in [9.17, 15) is 9.90 Å². The van der Waals surface area contributed by atoms with Gasteiger partial charge in [-0.1, -0.05) is 23.7 Å². The molecule has 27 heavy (non-hydrogen) atoms. The lowest BCUT2D eigenvalue weighted by Crippen LogP contribution is -2.54. The Hall–Kier alpha value is -2.39. The van der Waals surface area contributed by atoms with Crippen LogP contribution in [0.1, 0.15) is 17.0 Å². The van der Waals surface area contributed by atoms with Crippen molar-refractivity contribution in [2.75, 3.05) is 13.2 Å². The van der Waals surface area contributed by atoms with Crippen molar-refractivity contribution in [1.29, 1.82) is 0 Å². The lowest BCUT2D eigenvalue weighted by atomic mass is 10.00. The Balaban J connectivity index is 0.000000817. The van der Waals surface area contributed by atoms with Crippen LogP contribution in [-0.2, 0) is 9.53 Å². The van der Waals surface area contributed by atoms with Crippen molar-refractivity contribution in [2.45, 2.75) is 24.7 Å². The monoisotopic (exact) mass is 397 g/mol. The second kappa shape index (κ2) is 10.1. The summed E-state index contributed by atoms with van der Waals surface area (Å²) in [6.07, 6.45) is -1.20. The standard InChI is InChI=1S/C17H18ClNO5.CH2O2/c18-11-4-2-1-3-10(11)13-5-6-14(24-13)17(22)19-12-7-8-23-15(9-20)16(12)21;2-1-3/h1-6,12,15-16,20-21H,7-9H2,(H,19,22);1H,(H,2,3)/t12-,15+,16-;/m0./s1. The number of carboxylic acid groups (broad SMARTS) is 1. The summed E-state index contributed by atoms with van der Waals surface area (Å²) < 4.78 is 10.8. The number of aliphatic hydroxyl groups is 2. The number of aliphatic hydroxyl groups excluding tert-OH is 2. The van der Waals surface area contributed by atoms with Gasteiger partial charge < -0.3 is 29.8 Å². The van der Waals surface area contributed by atoms with Crippen LogP contribution in [0.25, 0.3) is 11.3 Å². The quantitative estimate of drug-likeness (QED) is 0.576. The maximum absolute atomic E-state index is 12.3. The second-order valence-corrected chi connectivity index (χ2v) is 6.11. The fraction of sp³-hybridized carbons (Fsp3) is 0.333. The summed E-state index contributed by atoms with van der Waals surface area (Å²) in [6.45, 7) is -0.193. The van der Waals surface area contributed by atoms with Crippen LogP contribution < -0.4 is 5.32 Å². The molecule has 1 aromatic carbocycles. The van der Waals surface area contributed by atoms with E-state index in [4.69, 9.17) is 35.8 Å². The highest BCUT2D eigenvalue weighted by Gasteiger charge is 2.33. The van der Waals surface area contributed by atoms with Crippen molar-refractivity contribution in [2.24, 2.45) is 0 Å². The third-order valence-corrected chi connectivity index (χ3v) is 4.35. The van der Waals surface area contributed by atoms with Crippen LogP contribution in [0, 0.1) is 0 Å². The summed E-state index contributed by atoms with van der Waals surface area (Å²) in [6, 6.07) is 9.92. The molecule has 9 heteroatoms. The van der Waals surface area contributed by atoms with Crippen molar-refractivity contribution < 1.29 is 34.1 Å². The molecule has 0 radical (unpaired) electrons. The summed E-state index contributed by atoms with van der Waals surface area (Å²) in [7, 11) is 0. The molecule has 4 N–H and O–H groups in total. The summed E-state index contributed by atoms with van der Waals surface area (Å²) in [5, 5.41) is 29.4. The number of rotatable bonds is 4. The highest BCUT2D eigenvalue weighted by atomic mass is 35.5. The molecule has 0 spiro atoms. The first kappa shape index (κ1) is 20.9. The molecule has 1 amide bonds. The van der Waals surface area contributed by atoms with E-state index in [1.54, 1.807) is 24.3 Å². The Bertz CT molecular complexity index is 764. The molecule has 1 aliphatic rings. The van der Waals surface area contributed by atoms with Crippen molar-refractivity contribution in [3.63, 3.8) is 0 Å². The van der Waals surface area contributed by atoms with E-state index in [-0.39, 0.29) is 18.8 Å². The van der Waals surface area contributed by atoms with Gasteiger partial charge in [-0.05, 0) is 30.7 Å². The molecular weight excluding hydrogens is 378 g/mol. The van der Waals surface area contributed by atoms with E-state index in [1.165, 1.54) is 0 Å². The largest absolute Gasteiger partial charge is 0.483 e. The topological polar surface area (TPSA) is 129 Å². The third kappa shape index (κ3) is 5.30. The lowest BCUT2D eigenvalue weighted by Gasteiger charge is -2.34. The smallest absolute Gasteiger partial charge is 0.290 e. The van der Waals surface area contributed by atoms with Crippen LogP contribution in [0.5, 0.6) is 0 Å². The summed E-state index contributed by atoms with van der Waals surface area (Å²) in [5.74, 6) is 0.187. The van der Waals surface area contributed by atoms with Gasteiger partial charge in [0.1, 0.15) is 18.0 Å². The molecule has 3 rings (SSSR count). The minimum Gasteiger partial charge on any atom is -0.483 e. The molecule has 8 nitrogen and oxygen atoms in total. The van der Waals surface area contributed by atoms with Crippen molar-refractivity contribution >= 4 is 24.0 Å². The van der Waals surface area contributed by atoms with Gasteiger partial charge in [-0.25, -0.2) is 0 Å². The van der Waals surface area contributed by atoms with Crippen LogP contribution >= 0.6 is 11.6 Å². The van der Waals surface area contributed by atoms with E-state index < -0.39 is 24.2 Å². The number of halogens is 1. The maximum atomic E-state index is 12.3. The van der Waals surface area contributed by atoms with Crippen molar-refractivity contribution in [3.05, 3.63) is 47.2 Å². The molecule has 1 aliphatic heterocycles. The molecule has 146 valence electrons. The van der Waals surface area contributed by atoms with Gasteiger partial charge in [0.15, 0.2) is 5.76 Å². The molecule has 1 fully saturated rings. The summed E-state index contributed by atoms with van der Waals surface area (Å²) in [4.78, 5) is 20.7. The van der Waals surface area contributed by atoms with Crippen LogP contribution in [0.2, 0.25) is 5.02 Å². The minimum absolute atomic E-state index is 0.129. The van der Waals surface area contributed by atoms with Gasteiger partial charge in [-0.3, -0.25) is 9.59 Å². The SMILES string of the molecule is O=C(N[C@H]1CCO[C@H](CO)[C@H]1O)c1ccc(-c2ccccc2Cl)o1.O=CO. The van der Waals surface area contributed by atoms with Crippen molar-refractivity contribution in [1.82, 2.24) is 5.32 Å². The molecule has 2 heterocycles. The Morgan fingerprint density at radius 3 is 2.67 bits per heavy atom. The van der Waals surface area contributed by atoms with Gasteiger partial charge in [0.25, 0.3) is 12.4 Å².